The molecule has 1 aromatic heterocycles. The molecule has 3 nitrogen and oxygen atoms in total. The maximum Gasteiger partial charge on any atom is 0.123 e. The highest BCUT2D eigenvalue weighted by Gasteiger charge is 2.10. The van der Waals surface area contributed by atoms with Crippen LogP contribution in [0.4, 0.5) is 10.1 Å². The maximum atomic E-state index is 13.4. The Morgan fingerprint density at radius 3 is 2.42 bits per heavy atom. The molecule has 31 heavy (non-hydrogen) atoms. The van der Waals surface area contributed by atoms with Crippen LogP contribution < -0.4 is 5.43 Å². The predicted molar refractivity (Wildman–Crippen MR) is 127 cm³/mol. The monoisotopic (exact) mass is 425 g/mol. The van der Waals surface area contributed by atoms with Crippen molar-refractivity contribution in [3.8, 4) is 11.3 Å². The summed E-state index contributed by atoms with van der Waals surface area (Å²) < 4.78 is 13.4. The number of nitrogens with zero attached hydrogens (tertiary/aromatic N) is 2. The van der Waals surface area contributed by atoms with Crippen LogP contribution in [0.5, 0.6) is 0 Å². The lowest BCUT2D eigenvalue weighted by atomic mass is 10.0. The summed E-state index contributed by atoms with van der Waals surface area (Å²) in [7, 11) is 0. The lowest BCUT2D eigenvalue weighted by molar-refractivity contribution is 0.628. The third-order valence-corrected chi connectivity index (χ3v) is 5.37. The molecule has 5 rings (SSSR count). The number of hydrazone groups is 1. The molecule has 0 aliphatic heterocycles. The van der Waals surface area contributed by atoms with E-state index >= 15 is 0 Å². The third kappa shape index (κ3) is 3.98. The number of aromatic nitrogens is 1. The highest BCUT2D eigenvalue weighted by Crippen LogP contribution is 2.29. The van der Waals surface area contributed by atoms with Gasteiger partial charge in [0, 0.05) is 26.9 Å². The summed E-state index contributed by atoms with van der Waals surface area (Å²) in [6.45, 7) is 0. The number of fused-ring (bicyclic) bond motifs is 3. The Labute approximate surface area is 183 Å². The van der Waals surface area contributed by atoms with E-state index < -0.39 is 0 Å². The average Bonchev–Trinajstić information content (AvgIpc) is 2.80. The fraction of sp³-hybridized carbons (Fsp3) is 0. The summed E-state index contributed by atoms with van der Waals surface area (Å²) in [6, 6.07) is 28.0. The Balaban J connectivity index is 1.64. The number of benzene rings is 4. The van der Waals surface area contributed by atoms with Crippen LogP contribution in [-0.2, 0) is 0 Å². The zero-order chi connectivity index (χ0) is 21.2. The average molecular weight is 426 g/mol. The first kappa shape index (κ1) is 19.2. The van der Waals surface area contributed by atoms with Gasteiger partial charge in [-0.2, -0.15) is 5.10 Å². The molecule has 0 aliphatic carbocycles. The van der Waals surface area contributed by atoms with Crippen molar-refractivity contribution >= 4 is 45.2 Å². The van der Waals surface area contributed by atoms with Gasteiger partial charge in [-0.25, -0.2) is 9.37 Å². The summed E-state index contributed by atoms with van der Waals surface area (Å²) in [4.78, 5) is 4.92. The minimum absolute atomic E-state index is 0.274. The number of hydrogen-bond donors (Lipinski definition) is 1. The molecule has 1 N–H and O–H groups in total. The Morgan fingerprint density at radius 2 is 1.61 bits per heavy atom. The van der Waals surface area contributed by atoms with Crippen LogP contribution in [0, 0.1) is 5.82 Å². The number of halogens is 2. The molecule has 0 radical (unpaired) electrons. The van der Waals surface area contributed by atoms with E-state index in [0.717, 1.165) is 44.2 Å². The quantitative estimate of drug-likeness (QED) is 0.186. The molecule has 0 bridgehead atoms. The molecule has 0 unspecified atom stereocenters. The van der Waals surface area contributed by atoms with Crippen molar-refractivity contribution in [2.24, 2.45) is 5.10 Å². The van der Waals surface area contributed by atoms with Gasteiger partial charge in [-0.05, 0) is 60.0 Å². The van der Waals surface area contributed by atoms with Crippen LogP contribution >= 0.6 is 11.6 Å². The van der Waals surface area contributed by atoms with Crippen molar-refractivity contribution in [1.29, 1.82) is 0 Å². The van der Waals surface area contributed by atoms with Gasteiger partial charge in [0.25, 0.3) is 0 Å². The van der Waals surface area contributed by atoms with Crippen molar-refractivity contribution in [2.75, 3.05) is 5.43 Å². The van der Waals surface area contributed by atoms with Crippen LogP contribution in [0.25, 0.3) is 32.9 Å². The molecule has 1 heterocycles. The van der Waals surface area contributed by atoms with Crippen LogP contribution in [0.15, 0.2) is 96.1 Å². The standard InChI is InChI=1S/C26H17ClFN3/c27-20-8-12-22(13-9-20)31-29-16-19-15-25(18-5-10-21(28)11-6-18)30-26-23-4-2-1-3-17(23)7-14-24(19)26/h1-16,31H. The van der Waals surface area contributed by atoms with Crippen molar-refractivity contribution in [2.45, 2.75) is 0 Å². The van der Waals surface area contributed by atoms with Crippen molar-refractivity contribution in [3.63, 3.8) is 0 Å². The number of anilines is 1. The first-order valence-electron chi connectivity index (χ1n) is 9.80. The summed E-state index contributed by atoms with van der Waals surface area (Å²) in [6.07, 6.45) is 1.78. The second-order valence-electron chi connectivity index (χ2n) is 7.16. The summed E-state index contributed by atoms with van der Waals surface area (Å²) in [5.74, 6) is -0.274. The van der Waals surface area contributed by atoms with Gasteiger partial charge in [-0.1, -0.05) is 48.0 Å². The third-order valence-electron chi connectivity index (χ3n) is 5.12. The molecule has 0 aliphatic rings. The summed E-state index contributed by atoms with van der Waals surface area (Å²) >= 11 is 5.94. The van der Waals surface area contributed by atoms with Gasteiger partial charge in [0.1, 0.15) is 5.82 Å². The lowest BCUT2D eigenvalue weighted by Gasteiger charge is -2.10. The molecule has 0 fully saturated rings. The van der Waals surface area contributed by atoms with Crippen LogP contribution in [-0.4, -0.2) is 11.2 Å². The molecular weight excluding hydrogens is 409 g/mol. The smallest absolute Gasteiger partial charge is 0.123 e. The first-order valence-corrected chi connectivity index (χ1v) is 10.2. The summed E-state index contributed by atoms with van der Waals surface area (Å²) in [5, 5.41) is 8.25. The number of nitrogens with one attached hydrogen (secondary N) is 1. The van der Waals surface area contributed by atoms with E-state index in [0.29, 0.717) is 5.02 Å². The van der Waals surface area contributed by atoms with Gasteiger partial charge in [0.05, 0.1) is 23.1 Å². The molecule has 4 aromatic carbocycles. The highest BCUT2D eigenvalue weighted by atomic mass is 35.5. The minimum atomic E-state index is -0.274. The van der Waals surface area contributed by atoms with E-state index in [1.165, 1.54) is 12.1 Å². The van der Waals surface area contributed by atoms with E-state index in [1.807, 2.05) is 30.3 Å². The number of hydrogen-bond acceptors (Lipinski definition) is 3. The normalized spacial score (nSPS) is 11.4. The molecule has 0 saturated heterocycles. The molecule has 5 heteroatoms. The fourth-order valence-corrected chi connectivity index (χ4v) is 3.69. The van der Waals surface area contributed by atoms with E-state index in [-0.39, 0.29) is 5.82 Å². The molecule has 0 atom stereocenters. The SMILES string of the molecule is Fc1ccc(-c2cc(C=NNc3ccc(Cl)cc3)c3ccc4ccccc4c3n2)cc1. The molecule has 0 saturated carbocycles. The van der Waals surface area contributed by atoms with Gasteiger partial charge in [0.2, 0.25) is 0 Å². The second kappa shape index (κ2) is 8.17. The zero-order valence-electron chi connectivity index (χ0n) is 16.4. The minimum Gasteiger partial charge on any atom is -0.279 e. The van der Waals surface area contributed by atoms with E-state index in [4.69, 9.17) is 16.6 Å². The van der Waals surface area contributed by atoms with Crippen LogP contribution in [0.3, 0.4) is 0 Å². The van der Waals surface area contributed by atoms with Crippen LogP contribution in [0.2, 0.25) is 5.02 Å². The molecule has 150 valence electrons. The van der Waals surface area contributed by atoms with E-state index in [1.54, 1.807) is 30.5 Å². The Kier molecular flexibility index (Phi) is 5.06. The summed E-state index contributed by atoms with van der Waals surface area (Å²) in [5.41, 5.74) is 7.27. The second-order valence-corrected chi connectivity index (χ2v) is 7.60. The van der Waals surface area contributed by atoms with Gasteiger partial charge < -0.3 is 0 Å². The zero-order valence-corrected chi connectivity index (χ0v) is 17.1. The number of pyridine rings is 1. The maximum absolute atomic E-state index is 13.4. The van der Waals surface area contributed by atoms with Gasteiger partial charge in [-0.15, -0.1) is 0 Å². The fourth-order valence-electron chi connectivity index (χ4n) is 3.56. The van der Waals surface area contributed by atoms with Gasteiger partial charge >= 0.3 is 0 Å². The van der Waals surface area contributed by atoms with Gasteiger partial charge in [0.15, 0.2) is 0 Å². The van der Waals surface area contributed by atoms with E-state index in [9.17, 15) is 4.39 Å². The first-order chi connectivity index (χ1) is 15.2. The molecular formula is C26H17ClFN3. The van der Waals surface area contributed by atoms with Crippen molar-refractivity contribution in [3.05, 3.63) is 107 Å². The number of rotatable bonds is 4. The molecule has 0 spiro atoms. The predicted octanol–water partition coefficient (Wildman–Crippen LogP) is 7.29. The van der Waals surface area contributed by atoms with Crippen molar-refractivity contribution in [1.82, 2.24) is 4.98 Å². The Hall–Kier alpha value is -3.76. The molecule has 0 amide bonds. The molecule has 5 aromatic rings. The Morgan fingerprint density at radius 1 is 0.839 bits per heavy atom. The van der Waals surface area contributed by atoms with Crippen LogP contribution in [0.1, 0.15) is 5.56 Å². The van der Waals surface area contributed by atoms with E-state index in [2.05, 4.69) is 34.8 Å². The lowest BCUT2D eigenvalue weighted by Crippen LogP contribution is -1.95. The largest absolute Gasteiger partial charge is 0.279 e. The van der Waals surface area contributed by atoms with Gasteiger partial charge in [-0.3, -0.25) is 5.43 Å². The Bertz CT molecular complexity index is 1410. The van der Waals surface area contributed by atoms with Crippen molar-refractivity contribution < 1.29 is 4.39 Å². The highest BCUT2D eigenvalue weighted by molar-refractivity contribution is 6.30. The topological polar surface area (TPSA) is 37.3 Å².